The maximum absolute atomic E-state index is 11.5. The van der Waals surface area contributed by atoms with E-state index >= 15 is 0 Å². The Morgan fingerprint density at radius 3 is 2.41 bits per heavy atom. The van der Waals surface area contributed by atoms with Crippen molar-refractivity contribution in [2.75, 3.05) is 11.5 Å². The number of hydrogen-bond donors (Lipinski definition) is 2. The van der Waals surface area contributed by atoms with Gasteiger partial charge in [0.05, 0.1) is 17.6 Å². The molecule has 0 saturated heterocycles. The minimum atomic E-state index is -3.13. The van der Waals surface area contributed by atoms with Crippen molar-refractivity contribution < 1.29 is 23.1 Å². The Balaban J connectivity index is 2.40. The van der Waals surface area contributed by atoms with E-state index in [1.54, 1.807) is 13.8 Å². The van der Waals surface area contributed by atoms with E-state index in [4.69, 9.17) is 5.11 Å². The summed E-state index contributed by atoms with van der Waals surface area (Å²) in [7, 11) is -3.13. The molecular formula is C10H17NO5S. The summed E-state index contributed by atoms with van der Waals surface area (Å²) in [5.41, 5.74) is 0. The van der Waals surface area contributed by atoms with Gasteiger partial charge in [-0.25, -0.2) is 8.42 Å². The first-order chi connectivity index (χ1) is 7.76. The lowest BCUT2D eigenvalue weighted by molar-refractivity contribution is -0.140. The van der Waals surface area contributed by atoms with Gasteiger partial charge in [-0.3, -0.25) is 9.59 Å². The fourth-order valence-electron chi connectivity index (χ4n) is 1.65. The molecule has 98 valence electrons. The molecule has 0 radical (unpaired) electrons. The highest BCUT2D eigenvalue weighted by molar-refractivity contribution is 7.91. The van der Waals surface area contributed by atoms with Gasteiger partial charge in [0.1, 0.15) is 0 Å². The number of carboxylic acids is 1. The van der Waals surface area contributed by atoms with Crippen LogP contribution in [0.5, 0.6) is 0 Å². The van der Waals surface area contributed by atoms with Crippen molar-refractivity contribution in [1.82, 2.24) is 5.32 Å². The molecule has 1 aliphatic carbocycles. The molecule has 0 spiro atoms. The van der Waals surface area contributed by atoms with Crippen molar-refractivity contribution in [3.63, 3.8) is 0 Å². The molecule has 1 fully saturated rings. The van der Waals surface area contributed by atoms with Crippen molar-refractivity contribution in [3.8, 4) is 0 Å². The Morgan fingerprint density at radius 1 is 1.41 bits per heavy atom. The van der Waals surface area contributed by atoms with Crippen LogP contribution in [0.15, 0.2) is 0 Å². The number of nitrogens with one attached hydrogen (secondary N) is 1. The molecule has 0 aromatic heterocycles. The van der Waals surface area contributed by atoms with Crippen molar-refractivity contribution in [3.05, 3.63) is 0 Å². The lowest BCUT2D eigenvalue weighted by Gasteiger charge is -2.13. The molecule has 1 aliphatic rings. The number of aliphatic carboxylic acids is 1. The van der Waals surface area contributed by atoms with Gasteiger partial charge in [-0.15, -0.1) is 0 Å². The first-order valence-electron chi connectivity index (χ1n) is 5.50. The molecule has 1 rings (SSSR count). The first-order valence-corrected chi connectivity index (χ1v) is 7.32. The predicted molar refractivity (Wildman–Crippen MR) is 61.2 cm³/mol. The van der Waals surface area contributed by atoms with Crippen LogP contribution in [0.3, 0.4) is 0 Å². The molecule has 3 atom stereocenters. The largest absolute Gasteiger partial charge is 0.481 e. The second kappa shape index (κ2) is 5.03. The molecule has 17 heavy (non-hydrogen) atoms. The summed E-state index contributed by atoms with van der Waals surface area (Å²) in [4.78, 5) is 22.1. The Labute approximate surface area is 100 Å². The second-order valence-corrected chi connectivity index (χ2v) is 6.79. The van der Waals surface area contributed by atoms with E-state index in [0.29, 0.717) is 6.42 Å². The number of sulfone groups is 1. The van der Waals surface area contributed by atoms with Crippen LogP contribution < -0.4 is 5.32 Å². The summed E-state index contributed by atoms with van der Waals surface area (Å²) < 4.78 is 22.6. The third-order valence-corrected chi connectivity index (χ3v) is 4.66. The monoisotopic (exact) mass is 263 g/mol. The molecule has 0 heterocycles. The Bertz CT molecular complexity index is 416. The zero-order valence-corrected chi connectivity index (χ0v) is 10.7. The summed E-state index contributed by atoms with van der Waals surface area (Å²) in [6.07, 6.45) is 0.342. The van der Waals surface area contributed by atoms with E-state index < -0.39 is 33.7 Å². The van der Waals surface area contributed by atoms with E-state index in [0.717, 1.165) is 0 Å². The SMILES string of the molecule is CCS(=O)(=O)C[C@H](C)NC(=O)[C@@H]1C[C@@H]1C(=O)O. The zero-order valence-electron chi connectivity index (χ0n) is 9.84. The fourth-order valence-corrected chi connectivity index (χ4v) is 2.73. The minimum Gasteiger partial charge on any atom is -0.481 e. The molecule has 1 saturated carbocycles. The quantitative estimate of drug-likeness (QED) is 0.682. The smallest absolute Gasteiger partial charge is 0.307 e. The molecule has 6 nitrogen and oxygen atoms in total. The van der Waals surface area contributed by atoms with Gasteiger partial charge in [0.2, 0.25) is 5.91 Å². The van der Waals surface area contributed by atoms with E-state index in [-0.39, 0.29) is 17.4 Å². The maximum atomic E-state index is 11.5. The Kier molecular flexibility index (Phi) is 4.13. The van der Waals surface area contributed by atoms with Crippen molar-refractivity contribution in [2.45, 2.75) is 26.3 Å². The van der Waals surface area contributed by atoms with E-state index in [2.05, 4.69) is 5.32 Å². The van der Waals surface area contributed by atoms with E-state index in [1.165, 1.54) is 0 Å². The van der Waals surface area contributed by atoms with Crippen LogP contribution in [0.4, 0.5) is 0 Å². The molecule has 0 aliphatic heterocycles. The van der Waals surface area contributed by atoms with Crippen LogP contribution in [0.2, 0.25) is 0 Å². The number of amides is 1. The molecule has 1 amide bonds. The first kappa shape index (κ1) is 14.0. The lowest BCUT2D eigenvalue weighted by Crippen LogP contribution is -2.39. The highest BCUT2D eigenvalue weighted by Crippen LogP contribution is 2.38. The second-order valence-electron chi connectivity index (χ2n) is 4.40. The highest BCUT2D eigenvalue weighted by Gasteiger charge is 2.48. The molecule has 0 unspecified atom stereocenters. The van der Waals surface area contributed by atoms with E-state index in [1.807, 2.05) is 0 Å². The predicted octanol–water partition coefficient (Wildman–Crippen LogP) is -0.353. The van der Waals surface area contributed by atoms with Gasteiger partial charge >= 0.3 is 5.97 Å². The average Bonchev–Trinajstić information content (AvgIpc) is 2.95. The number of rotatable bonds is 6. The normalized spacial score (nSPS) is 25.1. The van der Waals surface area contributed by atoms with Crippen LogP contribution >= 0.6 is 0 Å². The highest BCUT2D eigenvalue weighted by atomic mass is 32.2. The van der Waals surface area contributed by atoms with Crippen LogP contribution in [0.1, 0.15) is 20.3 Å². The van der Waals surface area contributed by atoms with Crippen LogP contribution in [0.25, 0.3) is 0 Å². The van der Waals surface area contributed by atoms with Crippen molar-refractivity contribution >= 4 is 21.7 Å². The molecule has 0 aromatic rings. The van der Waals surface area contributed by atoms with Crippen molar-refractivity contribution in [2.24, 2.45) is 11.8 Å². The van der Waals surface area contributed by atoms with Gasteiger partial charge in [-0.1, -0.05) is 6.92 Å². The standard InChI is InChI=1S/C10H17NO5S/c1-3-17(15,16)5-6(2)11-9(12)7-4-8(7)10(13)14/h6-8H,3-5H2,1-2H3,(H,11,12)(H,13,14)/t6-,7+,8-/m0/s1. The van der Waals surface area contributed by atoms with E-state index in [9.17, 15) is 18.0 Å². The number of carbonyl (C=O) groups excluding carboxylic acids is 1. The molecule has 2 N–H and O–H groups in total. The summed E-state index contributed by atoms with van der Waals surface area (Å²) in [6, 6.07) is -0.484. The van der Waals surface area contributed by atoms with Crippen LogP contribution in [-0.4, -0.2) is 42.9 Å². The lowest BCUT2D eigenvalue weighted by atomic mass is 10.3. The maximum Gasteiger partial charge on any atom is 0.307 e. The Hall–Kier alpha value is -1.11. The van der Waals surface area contributed by atoms with Crippen molar-refractivity contribution in [1.29, 1.82) is 0 Å². The zero-order chi connectivity index (χ0) is 13.2. The van der Waals surface area contributed by atoms with Crippen LogP contribution in [-0.2, 0) is 19.4 Å². The topological polar surface area (TPSA) is 101 Å². The summed E-state index contributed by atoms with van der Waals surface area (Å²) in [5.74, 6) is -2.52. The average molecular weight is 263 g/mol. The fraction of sp³-hybridized carbons (Fsp3) is 0.800. The van der Waals surface area contributed by atoms with Gasteiger partial charge in [0, 0.05) is 11.8 Å². The van der Waals surface area contributed by atoms with Gasteiger partial charge in [-0.2, -0.15) is 0 Å². The summed E-state index contributed by atoms with van der Waals surface area (Å²) in [6.45, 7) is 3.15. The third-order valence-electron chi connectivity index (χ3n) is 2.78. The summed E-state index contributed by atoms with van der Waals surface area (Å²) in [5, 5.41) is 11.2. The summed E-state index contributed by atoms with van der Waals surface area (Å²) >= 11 is 0. The number of carbonyl (C=O) groups is 2. The number of carboxylic acid groups (broad SMARTS) is 1. The van der Waals surface area contributed by atoms with Crippen LogP contribution in [0, 0.1) is 11.8 Å². The van der Waals surface area contributed by atoms with Gasteiger partial charge in [0.15, 0.2) is 9.84 Å². The molecule has 7 heteroatoms. The number of hydrogen-bond acceptors (Lipinski definition) is 4. The van der Waals surface area contributed by atoms with Gasteiger partial charge in [0.25, 0.3) is 0 Å². The van der Waals surface area contributed by atoms with Gasteiger partial charge in [-0.05, 0) is 13.3 Å². The molecular weight excluding hydrogens is 246 g/mol. The minimum absolute atomic E-state index is 0.0361. The third kappa shape index (κ3) is 3.99. The van der Waals surface area contributed by atoms with Gasteiger partial charge < -0.3 is 10.4 Å². The molecule has 0 bridgehead atoms. The Morgan fingerprint density at radius 2 is 2.00 bits per heavy atom. The molecule has 0 aromatic carbocycles.